The summed E-state index contributed by atoms with van der Waals surface area (Å²) in [6.45, 7) is 3.83. The van der Waals surface area contributed by atoms with Crippen molar-refractivity contribution < 1.29 is 23.8 Å². The van der Waals surface area contributed by atoms with E-state index in [1.807, 2.05) is 18.2 Å². The lowest BCUT2D eigenvalue weighted by Gasteiger charge is -2.28. The molecule has 0 radical (unpaired) electrons. The number of carbonyl (C=O) groups is 1. The van der Waals surface area contributed by atoms with Gasteiger partial charge in [-0.05, 0) is 49.2 Å². The molecule has 2 aromatic heterocycles. The molecule has 2 fully saturated rings. The number of ether oxygens (including phenoxy) is 2. The van der Waals surface area contributed by atoms with E-state index in [4.69, 9.17) is 26.1 Å². The van der Waals surface area contributed by atoms with Crippen LogP contribution < -0.4 is 10.1 Å². The molecule has 4 heterocycles. The first-order chi connectivity index (χ1) is 19.4. The van der Waals surface area contributed by atoms with Gasteiger partial charge in [0.05, 0.1) is 35.8 Å². The highest BCUT2D eigenvalue weighted by atomic mass is 35.5. The molecule has 0 spiro atoms. The van der Waals surface area contributed by atoms with Gasteiger partial charge in [-0.25, -0.2) is 14.2 Å². The van der Waals surface area contributed by atoms with Gasteiger partial charge in [-0.1, -0.05) is 23.7 Å². The minimum atomic E-state index is -0.958. The maximum absolute atomic E-state index is 14.1. The van der Waals surface area contributed by atoms with Crippen molar-refractivity contribution in [3.63, 3.8) is 0 Å². The largest absolute Gasteiger partial charge is 0.478 e. The van der Waals surface area contributed by atoms with Crippen molar-refractivity contribution in [1.82, 2.24) is 19.4 Å². The number of carboxylic acid groups (broad SMARTS) is 1. The molecule has 0 saturated carbocycles. The smallest absolute Gasteiger partial charge is 0.335 e. The zero-order valence-electron chi connectivity index (χ0n) is 21.7. The lowest BCUT2D eigenvalue weighted by atomic mass is 10.1. The van der Waals surface area contributed by atoms with E-state index in [-0.39, 0.29) is 30.1 Å². The van der Waals surface area contributed by atoms with Crippen LogP contribution in [0, 0.1) is 5.82 Å². The van der Waals surface area contributed by atoms with E-state index < -0.39 is 5.97 Å². The predicted octanol–water partition coefficient (Wildman–Crippen LogP) is 4.98. The summed E-state index contributed by atoms with van der Waals surface area (Å²) < 4.78 is 28.1. The van der Waals surface area contributed by atoms with Crippen LogP contribution in [0.2, 0.25) is 5.02 Å². The maximum Gasteiger partial charge on any atom is 0.335 e. The molecule has 0 amide bonds. The number of hydrogen-bond donors (Lipinski definition) is 2. The Kier molecular flexibility index (Phi) is 7.55. The van der Waals surface area contributed by atoms with E-state index in [2.05, 4.69) is 19.8 Å². The molecule has 2 N–H and O–H groups in total. The number of rotatable bonds is 10. The molecule has 0 bridgehead atoms. The summed E-state index contributed by atoms with van der Waals surface area (Å²) in [5.41, 5.74) is 2.33. The van der Waals surface area contributed by atoms with Gasteiger partial charge in [0, 0.05) is 42.9 Å². The number of hydrogen-bond acceptors (Lipinski definition) is 7. The van der Waals surface area contributed by atoms with E-state index >= 15 is 0 Å². The Bertz CT molecular complexity index is 1540. The van der Waals surface area contributed by atoms with Crippen molar-refractivity contribution >= 4 is 34.4 Å². The lowest BCUT2D eigenvalue weighted by Crippen LogP contribution is -2.33. The molecule has 4 aromatic rings. The summed E-state index contributed by atoms with van der Waals surface area (Å²) in [4.78, 5) is 23.2. The molecule has 2 aliphatic heterocycles. The molecule has 0 aliphatic carbocycles. The fourth-order valence-electron chi connectivity index (χ4n) is 5.10. The van der Waals surface area contributed by atoms with Gasteiger partial charge >= 0.3 is 5.97 Å². The average Bonchev–Trinajstić information content (AvgIpc) is 3.49. The lowest BCUT2D eigenvalue weighted by molar-refractivity contribution is -0.0591. The highest BCUT2D eigenvalue weighted by molar-refractivity contribution is 6.30. The van der Waals surface area contributed by atoms with Crippen molar-refractivity contribution in [1.29, 1.82) is 0 Å². The van der Waals surface area contributed by atoms with Crippen LogP contribution in [0.4, 0.5) is 10.2 Å². The normalized spacial score (nSPS) is 19.1. The first kappa shape index (κ1) is 26.5. The van der Waals surface area contributed by atoms with E-state index in [1.54, 1.807) is 30.3 Å². The van der Waals surface area contributed by atoms with Crippen molar-refractivity contribution in [2.24, 2.45) is 0 Å². The van der Waals surface area contributed by atoms with Gasteiger partial charge in [0.15, 0.2) is 0 Å². The topological polar surface area (TPSA) is 102 Å². The number of likely N-dealkylation sites (tertiary alicyclic amines) is 1. The van der Waals surface area contributed by atoms with Crippen LogP contribution in [0.15, 0.2) is 54.6 Å². The molecule has 2 aromatic carbocycles. The molecule has 2 aliphatic rings. The summed E-state index contributed by atoms with van der Waals surface area (Å²) in [5, 5.41) is 13.0. The summed E-state index contributed by atoms with van der Waals surface area (Å²) in [7, 11) is 0. The van der Waals surface area contributed by atoms with Crippen LogP contribution in [0.25, 0.3) is 11.0 Å². The second-order valence-electron chi connectivity index (χ2n) is 10.1. The second kappa shape index (κ2) is 11.4. The van der Waals surface area contributed by atoms with Crippen molar-refractivity contribution in [3.8, 4) is 5.88 Å². The Morgan fingerprint density at radius 3 is 2.83 bits per heavy atom. The quantitative estimate of drug-likeness (QED) is 0.278. The van der Waals surface area contributed by atoms with Gasteiger partial charge in [-0.3, -0.25) is 4.90 Å². The maximum atomic E-state index is 14.1. The zero-order chi connectivity index (χ0) is 27.6. The number of benzene rings is 2. The van der Waals surface area contributed by atoms with E-state index in [0.717, 1.165) is 42.9 Å². The number of aromatic carboxylic acids is 1. The van der Waals surface area contributed by atoms with Crippen LogP contribution >= 0.6 is 11.6 Å². The number of nitrogens with one attached hydrogen (secondary N) is 1. The van der Waals surface area contributed by atoms with E-state index in [1.165, 1.54) is 6.07 Å². The van der Waals surface area contributed by atoms with Crippen molar-refractivity contribution in [2.45, 2.75) is 44.7 Å². The van der Waals surface area contributed by atoms with Crippen LogP contribution in [0.1, 0.15) is 34.6 Å². The zero-order valence-corrected chi connectivity index (χ0v) is 22.5. The highest BCUT2D eigenvalue weighted by Crippen LogP contribution is 2.25. The third kappa shape index (κ3) is 5.89. The number of imidazole rings is 1. The monoisotopic (exact) mass is 565 g/mol. The number of carboxylic acids is 1. The Morgan fingerprint density at radius 2 is 2.05 bits per heavy atom. The number of pyridine rings is 1. The Morgan fingerprint density at radius 1 is 1.18 bits per heavy atom. The first-order valence-corrected chi connectivity index (χ1v) is 13.7. The molecule has 2 unspecified atom stereocenters. The summed E-state index contributed by atoms with van der Waals surface area (Å²) in [6, 6.07) is 15.1. The van der Waals surface area contributed by atoms with Crippen LogP contribution in [0.3, 0.4) is 0 Å². The molecule has 6 rings (SSSR count). The van der Waals surface area contributed by atoms with Gasteiger partial charge in [-0.2, -0.15) is 4.98 Å². The minimum Gasteiger partial charge on any atom is -0.478 e. The molecule has 40 heavy (non-hydrogen) atoms. The van der Waals surface area contributed by atoms with E-state index in [9.17, 15) is 14.3 Å². The predicted molar refractivity (Wildman–Crippen MR) is 148 cm³/mol. The Hall–Kier alpha value is -3.73. The minimum absolute atomic E-state index is 0.0390. The SMILES string of the molecule is O=C(O)c1ccc2nc(CN3CCC(Oc4cccc(NCc5ccc(Cl)cc5F)n4)C3)n(CC3CCO3)c2c1. The van der Waals surface area contributed by atoms with Gasteiger partial charge in [0.2, 0.25) is 5.88 Å². The molecule has 208 valence electrons. The summed E-state index contributed by atoms with van der Waals surface area (Å²) >= 11 is 5.84. The van der Waals surface area contributed by atoms with Crippen LogP contribution in [-0.4, -0.2) is 62.4 Å². The molecular weight excluding hydrogens is 537 g/mol. The van der Waals surface area contributed by atoms with Crippen LogP contribution in [0.5, 0.6) is 5.88 Å². The molecular formula is C29H29ClFN5O4. The molecule has 2 saturated heterocycles. The van der Waals surface area contributed by atoms with Gasteiger partial charge in [-0.15, -0.1) is 0 Å². The third-order valence-electron chi connectivity index (χ3n) is 7.33. The standard InChI is InChI=1S/C29H29ClFN5O4/c30-20-6-4-19(23(31)13-20)14-32-26-2-1-3-28(34-26)40-22-8-10-35(15-22)17-27-33-24-7-5-18(29(37)38)12-25(24)36(27)16-21-9-11-39-21/h1-7,12-13,21-22H,8-11,14-17H2,(H,32,34)(H,37,38). The number of fused-ring (bicyclic) bond motifs is 1. The Balaban J connectivity index is 1.10. The third-order valence-corrected chi connectivity index (χ3v) is 7.57. The van der Waals surface area contributed by atoms with Gasteiger partial charge in [0.25, 0.3) is 0 Å². The fraction of sp³-hybridized carbons (Fsp3) is 0.345. The highest BCUT2D eigenvalue weighted by Gasteiger charge is 2.28. The number of aromatic nitrogens is 3. The van der Waals surface area contributed by atoms with Crippen LogP contribution in [-0.2, 0) is 24.4 Å². The van der Waals surface area contributed by atoms with Crippen molar-refractivity contribution in [2.75, 3.05) is 25.0 Å². The molecule has 11 heteroatoms. The summed E-state index contributed by atoms with van der Waals surface area (Å²) in [5.74, 6) is 0.654. The fourth-order valence-corrected chi connectivity index (χ4v) is 5.26. The Labute approximate surface area is 235 Å². The first-order valence-electron chi connectivity index (χ1n) is 13.3. The molecule has 2 atom stereocenters. The second-order valence-corrected chi connectivity index (χ2v) is 10.6. The van der Waals surface area contributed by atoms with Gasteiger partial charge in [0.1, 0.15) is 23.6 Å². The van der Waals surface area contributed by atoms with E-state index in [0.29, 0.717) is 41.9 Å². The molecule has 9 nitrogen and oxygen atoms in total. The number of anilines is 1. The average molecular weight is 566 g/mol. The number of halogens is 2. The van der Waals surface area contributed by atoms with Gasteiger partial charge < -0.3 is 24.5 Å². The van der Waals surface area contributed by atoms with Crippen molar-refractivity contribution in [3.05, 3.63) is 82.4 Å². The number of nitrogens with zero attached hydrogens (tertiary/aromatic N) is 4. The summed E-state index contributed by atoms with van der Waals surface area (Å²) in [6.07, 6.45) is 1.89.